The maximum Gasteiger partial charge on any atom is 0.155 e. The summed E-state index contributed by atoms with van der Waals surface area (Å²) in [7, 11) is 0. The van der Waals surface area contributed by atoms with Crippen LogP contribution in [0.5, 0.6) is 0 Å². The molecule has 4 aliphatic rings. The van der Waals surface area contributed by atoms with Crippen molar-refractivity contribution >= 4 is 11.6 Å². The molecule has 4 aliphatic carbocycles. The van der Waals surface area contributed by atoms with E-state index in [1.165, 1.54) is 5.57 Å². The lowest BCUT2D eigenvalue weighted by Crippen LogP contribution is -2.56. The van der Waals surface area contributed by atoms with Crippen LogP contribution in [-0.4, -0.2) is 22.8 Å². The Kier molecular flexibility index (Phi) is 3.01. The number of aliphatic hydroxyl groups excluding tert-OH is 1. The average molecular weight is 302 g/mol. The van der Waals surface area contributed by atoms with Crippen molar-refractivity contribution in [2.75, 3.05) is 0 Å². The smallest absolute Gasteiger partial charge is 0.155 e. The number of carbonyl (C=O) groups excluding carboxylic acids is 2. The molecule has 22 heavy (non-hydrogen) atoms. The SMILES string of the molecule is C[C@@]12C[C@H](O)[C@@H]3[C@H](CCC4=CC(=O)CC[C@]43C)[C@H]1CCC2=O. The van der Waals surface area contributed by atoms with E-state index in [1.54, 1.807) is 0 Å². The molecule has 0 heterocycles. The van der Waals surface area contributed by atoms with Gasteiger partial charge in [-0.1, -0.05) is 19.4 Å². The van der Waals surface area contributed by atoms with Crippen LogP contribution < -0.4 is 0 Å². The van der Waals surface area contributed by atoms with Crippen molar-refractivity contribution in [3.05, 3.63) is 11.6 Å². The van der Waals surface area contributed by atoms with Gasteiger partial charge in [-0.05, 0) is 61.3 Å². The van der Waals surface area contributed by atoms with Crippen molar-refractivity contribution in [2.45, 2.75) is 64.9 Å². The maximum absolute atomic E-state index is 12.4. The van der Waals surface area contributed by atoms with Crippen LogP contribution in [0.15, 0.2) is 11.6 Å². The molecule has 3 fully saturated rings. The lowest BCUT2D eigenvalue weighted by atomic mass is 9.46. The zero-order valence-electron chi connectivity index (χ0n) is 13.6. The standard InChI is InChI=1S/C19H26O3/c1-18-8-7-12(20)9-11(18)3-4-13-14-5-6-16(22)19(14,2)10-15(21)17(13)18/h9,13-15,17,21H,3-8,10H2,1-2H3/t13-,14-,15+,17+,18-,19-/m1/s1. The predicted octanol–water partition coefficient (Wildman–Crippen LogP) is 3.06. The summed E-state index contributed by atoms with van der Waals surface area (Å²) in [6, 6.07) is 0. The second-order valence-electron chi connectivity index (χ2n) is 8.54. The minimum atomic E-state index is -0.407. The van der Waals surface area contributed by atoms with Gasteiger partial charge in [0.05, 0.1) is 6.10 Å². The van der Waals surface area contributed by atoms with Gasteiger partial charge >= 0.3 is 0 Å². The second-order valence-corrected chi connectivity index (χ2v) is 8.54. The molecule has 3 saturated carbocycles. The third-order valence-corrected chi connectivity index (χ3v) is 7.61. The Labute approximate surface area is 132 Å². The fraction of sp³-hybridized carbons (Fsp3) is 0.789. The van der Waals surface area contributed by atoms with Crippen LogP contribution in [0, 0.1) is 28.6 Å². The second kappa shape index (κ2) is 4.53. The number of fused-ring (bicyclic) bond motifs is 5. The van der Waals surface area contributed by atoms with Crippen molar-refractivity contribution in [1.82, 2.24) is 0 Å². The molecule has 0 aromatic heterocycles. The van der Waals surface area contributed by atoms with E-state index in [4.69, 9.17) is 0 Å². The van der Waals surface area contributed by atoms with Gasteiger partial charge in [0, 0.05) is 18.3 Å². The molecule has 3 heteroatoms. The van der Waals surface area contributed by atoms with Crippen molar-refractivity contribution in [3.8, 4) is 0 Å². The third kappa shape index (κ3) is 1.72. The van der Waals surface area contributed by atoms with Crippen LogP contribution in [0.4, 0.5) is 0 Å². The molecule has 6 atom stereocenters. The Hall–Kier alpha value is -0.960. The van der Waals surface area contributed by atoms with Crippen molar-refractivity contribution in [2.24, 2.45) is 28.6 Å². The van der Waals surface area contributed by atoms with Gasteiger partial charge in [-0.2, -0.15) is 0 Å². The predicted molar refractivity (Wildman–Crippen MR) is 83.1 cm³/mol. The van der Waals surface area contributed by atoms with Crippen LogP contribution in [0.2, 0.25) is 0 Å². The lowest BCUT2D eigenvalue weighted by Gasteiger charge is -2.58. The van der Waals surface area contributed by atoms with E-state index in [2.05, 4.69) is 13.8 Å². The molecule has 0 aromatic rings. The Morgan fingerprint density at radius 2 is 1.86 bits per heavy atom. The van der Waals surface area contributed by atoms with Gasteiger partial charge in [-0.3, -0.25) is 9.59 Å². The fourth-order valence-electron chi connectivity index (χ4n) is 6.46. The van der Waals surface area contributed by atoms with Gasteiger partial charge in [0.25, 0.3) is 0 Å². The normalized spacial score (nSPS) is 51.0. The Bertz CT molecular complexity index is 577. The molecular formula is C19H26O3. The van der Waals surface area contributed by atoms with Gasteiger partial charge in [-0.15, -0.1) is 0 Å². The average Bonchev–Trinajstić information content (AvgIpc) is 2.75. The molecule has 120 valence electrons. The maximum atomic E-state index is 12.4. The molecule has 1 N–H and O–H groups in total. The molecule has 0 saturated heterocycles. The lowest BCUT2D eigenvalue weighted by molar-refractivity contribution is -0.147. The van der Waals surface area contributed by atoms with E-state index in [1.807, 2.05) is 6.08 Å². The number of hydrogen-bond acceptors (Lipinski definition) is 3. The number of rotatable bonds is 0. The summed E-state index contributed by atoms with van der Waals surface area (Å²) in [6.07, 6.45) is 7.24. The topological polar surface area (TPSA) is 54.4 Å². The monoisotopic (exact) mass is 302 g/mol. The highest BCUT2D eigenvalue weighted by Gasteiger charge is 2.61. The summed E-state index contributed by atoms with van der Waals surface area (Å²) in [4.78, 5) is 24.2. The molecular weight excluding hydrogens is 276 g/mol. The van der Waals surface area contributed by atoms with Crippen LogP contribution in [-0.2, 0) is 9.59 Å². The molecule has 0 aromatic carbocycles. The van der Waals surface area contributed by atoms with E-state index in [0.29, 0.717) is 36.9 Å². The molecule has 0 bridgehead atoms. The third-order valence-electron chi connectivity index (χ3n) is 7.61. The van der Waals surface area contributed by atoms with Crippen LogP contribution in [0.1, 0.15) is 58.8 Å². The van der Waals surface area contributed by atoms with E-state index in [-0.39, 0.29) is 22.5 Å². The number of hydrogen-bond donors (Lipinski definition) is 1. The Morgan fingerprint density at radius 3 is 2.64 bits per heavy atom. The minimum Gasteiger partial charge on any atom is -0.393 e. The largest absolute Gasteiger partial charge is 0.393 e. The summed E-state index contributed by atoms with van der Waals surface area (Å²) >= 11 is 0. The van der Waals surface area contributed by atoms with Crippen molar-refractivity contribution < 1.29 is 14.7 Å². The van der Waals surface area contributed by atoms with E-state index < -0.39 is 6.10 Å². The van der Waals surface area contributed by atoms with E-state index in [0.717, 1.165) is 25.7 Å². The summed E-state index contributed by atoms with van der Waals surface area (Å²) < 4.78 is 0. The summed E-state index contributed by atoms with van der Waals surface area (Å²) in [6.45, 7) is 4.34. The number of carbonyl (C=O) groups is 2. The summed E-state index contributed by atoms with van der Waals surface area (Å²) in [5, 5.41) is 10.9. The summed E-state index contributed by atoms with van der Waals surface area (Å²) in [5.74, 6) is 1.71. The highest BCUT2D eigenvalue weighted by atomic mass is 16.3. The fourth-order valence-corrected chi connectivity index (χ4v) is 6.46. The highest BCUT2D eigenvalue weighted by molar-refractivity contribution is 5.91. The molecule has 0 aliphatic heterocycles. The number of allylic oxidation sites excluding steroid dienone is 1. The summed E-state index contributed by atoms with van der Waals surface area (Å²) in [5.41, 5.74) is 0.920. The first kappa shape index (κ1) is 14.6. The van der Waals surface area contributed by atoms with Crippen LogP contribution >= 0.6 is 0 Å². The van der Waals surface area contributed by atoms with Gasteiger partial charge in [0.15, 0.2) is 5.78 Å². The molecule has 4 rings (SSSR count). The molecule has 0 unspecified atom stereocenters. The minimum absolute atomic E-state index is 0.0385. The van der Waals surface area contributed by atoms with Crippen LogP contribution in [0.25, 0.3) is 0 Å². The molecule has 0 amide bonds. The zero-order valence-corrected chi connectivity index (χ0v) is 13.6. The van der Waals surface area contributed by atoms with E-state index in [9.17, 15) is 14.7 Å². The quantitative estimate of drug-likeness (QED) is 0.748. The van der Waals surface area contributed by atoms with Gasteiger partial charge in [0.1, 0.15) is 5.78 Å². The molecule has 0 radical (unpaired) electrons. The Balaban J connectivity index is 1.75. The van der Waals surface area contributed by atoms with Crippen molar-refractivity contribution in [3.63, 3.8) is 0 Å². The molecule has 0 spiro atoms. The highest BCUT2D eigenvalue weighted by Crippen LogP contribution is 2.64. The van der Waals surface area contributed by atoms with Gasteiger partial charge < -0.3 is 5.11 Å². The zero-order chi connectivity index (χ0) is 15.7. The van der Waals surface area contributed by atoms with E-state index >= 15 is 0 Å². The van der Waals surface area contributed by atoms with Crippen molar-refractivity contribution in [1.29, 1.82) is 0 Å². The number of Topliss-reactive ketones (excluding diaryl/α,β-unsaturated/α-hetero) is 1. The van der Waals surface area contributed by atoms with Crippen LogP contribution in [0.3, 0.4) is 0 Å². The first-order chi connectivity index (χ1) is 10.4. The Morgan fingerprint density at radius 1 is 1.09 bits per heavy atom. The van der Waals surface area contributed by atoms with Gasteiger partial charge in [-0.25, -0.2) is 0 Å². The number of ketones is 2. The van der Waals surface area contributed by atoms with Gasteiger partial charge in [0.2, 0.25) is 0 Å². The first-order valence-electron chi connectivity index (χ1n) is 8.81. The number of aliphatic hydroxyl groups is 1. The molecule has 3 nitrogen and oxygen atoms in total. The first-order valence-corrected chi connectivity index (χ1v) is 8.81.